The molecule has 0 spiro atoms. The number of nitrogens with zero attached hydrogens (tertiary/aromatic N) is 4. The van der Waals surface area contributed by atoms with Crippen LogP contribution < -0.4 is 0 Å². The first-order valence-corrected chi connectivity index (χ1v) is 9.45. The van der Waals surface area contributed by atoms with Crippen molar-refractivity contribution < 1.29 is 4.79 Å². The summed E-state index contributed by atoms with van der Waals surface area (Å²) in [7, 11) is 1.93. The van der Waals surface area contributed by atoms with Crippen molar-refractivity contribution in [1.29, 1.82) is 0 Å². The zero-order valence-corrected chi connectivity index (χ0v) is 15.7. The Balaban J connectivity index is 1.38. The van der Waals surface area contributed by atoms with E-state index in [4.69, 9.17) is 4.98 Å². The quantitative estimate of drug-likeness (QED) is 0.550. The van der Waals surface area contributed by atoms with Gasteiger partial charge in [0, 0.05) is 55.0 Å². The van der Waals surface area contributed by atoms with Gasteiger partial charge in [-0.05, 0) is 29.8 Å². The largest absolute Gasteiger partial charge is 0.334 e. The van der Waals surface area contributed by atoms with Crippen molar-refractivity contribution in [3.05, 3.63) is 83.7 Å². The molecule has 1 aliphatic heterocycles. The molecule has 1 amide bonds. The molecule has 0 saturated carbocycles. The highest BCUT2D eigenvalue weighted by Crippen LogP contribution is 2.32. The Morgan fingerprint density at radius 3 is 2.68 bits per heavy atom. The molecule has 5 heteroatoms. The fraction of sp³-hybridized carbons (Fsp3) is 0.174. The van der Waals surface area contributed by atoms with Crippen LogP contribution in [0.3, 0.4) is 0 Å². The van der Waals surface area contributed by atoms with Crippen molar-refractivity contribution in [2.24, 2.45) is 7.05 Å². The van der Waals surface area contributed by atoms with E-state index in [0.717, 1.165) is 45.4 Å². The van der Waals surface area contributed by atoms with Gasteiger partial charge in [0.15, 0.2) is 0 Å². The standard InChI is InChI=1S/C23H20N4O/c1-26-22(11-13-24-26)18-6-4-7-19-20(18)15-27(23(19)28)14-12-17-10-9-16-5-2-3-8-21(16)25-17/h2-11,13H,12,14-15H2,1H3. The lowest BCUT2D eigenvalue weighted by Gasteiger charge is -2.15. The third-order valence-corrected chi connectivity index (χ3v) is 5.43. The molecule has 2 aromatic carbocycles. The summed E-state index contributed by atoms with van der Waals surface area (Å²) in [6.07, 6.45) is 2.53. The van der Waals surface area contributed by atoms with Gasteiger partial charge in [-0.3, -0.25) is 14.5 Å². The first-order chi connectivity index (χ1) is 13.7. The number of carbonyl (C=O) groups excluding carboxylic acids is 1. The second-order valence-electron chi connectivity index (χ2n) is 7.14. The van der Waals surface area contributed by atoms with Crippen LogP contribution in [-0.4, -0.2) is 32.1 Å². The van der Waals surface area contributed by atoms with Gasteiger partial charge in [-0.25, -0.2) is 0 Å². The third-order valence-electron chi connectivity index (χ3n) is 5.43. The number of aryl methyl sites for hydroxylation is 1. The minimum absolute atomic E-state index is 0.0970. The van der Waals surface area contributed by atoms with Crippen LogP contribution in [0.5, 0.6) is 0 Å². The number of hydrogen-bond donors (Lipinski definition) is 0. The van der Waals surface area contributed by atoms with Gasteiger partial charge in [0.1, 0.15) is 0 Å². The van der Waals surface area contributed by atoms with E-state index >= 15 is 0 Å². The maximum Gasteiger partial charge on any atom is 0.254 e. The number of carbonyl (C=O) groups is 1. The molecule has 0 unspecified atom stereocenters. The van der Waals surface area contributed by atoms with E-state index in [9.17, 15) is 4.79 Å². The van der Waals surface area contributed by atoms with Gasteiger partial charge in [-0.15, -0.1) is 0 Å². The SMILES string of the molecule is Cn1nccc1-c1cccc2c1CN(CCc1ccc3ccccc3n1)C2=O. The first-order valence-electron chi connectivity index (χ1n) is 9.45. The van der Waals surface area contributed by atoms with E-state index in [0.29, 0.717) is 13.1 Å². The molecule has 0 fully saturated rings. The molecule has 0 N–H and O–H groups in total. The monoisotopic (exact) mass is 368 g/mol. The minimum atomic E-state index is 0.0970. The van der Waals surface area contributed by atoms with E-state index in [-0.39, 0.29) is 5.91 Å². The van der Waals surface area contributed by atoms with Gasteiger partial charge in [-0.1, -0.05) is 36.4 Å². The molecule has 1 aliphatic rings. The number of pyridine rings is 1. The van der Waals surface area contributed by atoms with Crippen LogP contribution in [0.1, 0.15) is 21.6 Å². The summed E-state index contributed by atoms with van der Waals surface area (Å²) in [4.78, 5) is 19.6. The molecule has 0 bridgehead atoms. The van der Waals surface area contributed by atoms with Crippen molar-refractivity contribution in [2.45, 2.75) is 13.0 Å². The van der Waals surface area contributed by atoms with Crippen molar-refractivity contribution in [1.82, 2.24) is 19.7 Å². The smallest absolute Gasteiger partial charge is 0.254 e. The van der Waals surface area contributed by atoms with Gasteiger partial charge in [-0.2, -0.15) is 5.10 Å². The molecule has 0 radical (unpaired) electrons. The molecule has 0 atom stereocenters. The highest BCUT2D eigenvalue weighted by molar-refractivity contribution is 6.00. The van der Waals surface area contributed by atoms with Gasteiger partial charge in [0.2, 0.25) is 0 Å². The topological polar surface area (TPSA) is 51.0 Å². The molecule has 5 rings (SSSR count). The lowest BCUT2D eigenvalue weighted by Crippen LogP contribution is -2.26. The lowest BCUT2D eigenvalue weighted by molar-refractivity contribution is 0.0780. The highest BCUT2D eigenvalue weighted by Gasteiger charge is 2.29. The summed E-state index contributed by atoms with van der Waals surface area (Å²) >= 11 is 0. The first kappa shape index (κ1) is 16.7. The van der Waals surface area contributed by atoms with Crippen molar-refractivity contribution in [2.75, 3.05) is 6.54 Å². The van der Waals surface area contributed by atoms with Crippen LogP contribution in [0.4, 0.5) is 0 Å². The maximum absolute atomic E-state index is 12.9. The lowest BCUT2D eigenvalue weighted by atomic mass is 10.0. The van der Waals surface area contributed by atoms with Crippen molar-refractivity contribution in [3.63, 3.8) is 0 Å². The Morgan fingerprint density at radius 1 is 0.964 bits per heavy atom. The summed E-state index contributed by atoms with van der Waals surface area (Å²) in [5.74, 6) is 0.0970. The molecule has 0 aliphatic carbocycles. The minimum Gasteiger partial charge on any atom is -0.334 e. The number of hydrogen-bond acceptors (Lipinski definition) is 3. The third kappa shape index (κ3) is 2.76. The van der Waals surface area contributed by atoms with Gasteiger partial charge >= 0.3 is 0 Å². The van der Waals surface area contributed by atoms with E-state index in [1.165, 1.54) is 0 Å². The number of aromatic nitrogens is 3. The predicted molar refractivity (Wildman–Crippen MR) is 109 cm³/mol. The average molecular weight is 368 g/mol. The fourth-order valence-corrected chi connectivity index (χ4v) is 3.95. The molecule has 3 heterocycles. The summed E-state index contributed by atoms with van der Waals surface area (Å²) in [6, 6.07) is 20.2. The van der Waals surface area contributed by atoms with E-state index in [2.05, 4.69) is 29.4 Å². The van der Waals surface area contributed by atoms with Crippen LogP contribution in [0, 0.1) is 0 Å². The second kappa shape index (κ2) is 6.60. The fourth-order valence-electron chi connectivity index (χ4n) is 3.95. The summed E-state index contributed by atoms with van der Waals surface area (Å²) in [6.45, 7) is 1.28. The second-order valence-corrected chi connectivity index (χ2v) is 7.14. The molecule has 0 saturated heterocycles. The molecule has 138 valence electrons. The van der Waals surface area contributed by atoms with E-state index in [1.54, 1.807) is 6.20 Å². The summed E-state index contributed by atoms with van der Waals surface area (Å²) in [5.41, 5.74) is 6.00. The molecule has 28 heavy (non-hydrogen) atoms. The van der Waals surface area contributed by atoms with Crippen molar-refractivity contribution >= 4 is 16.8 Å². The average Bonchev–Trinajstić information content (AvgIpc) is 3.29. The number of amides is 1. The van der Waals surface area contributed by atoms with Crippen molar-refractivity contribution in [3.8, 4) is 11.3 Å². The van der Waals surface area contributed by atoms with E-state index < -0.39 is 0 Å². The molecular formula is C23H20N4O. The number of rotatable bonds is 4. The van der Waals surface area contributed by atoms with Crippen LogP contribution >= 0.6 is 0 Å². The van der Waals surface area contributed by atoms with Crippen LogP contribution in [-0.2, 0) is 20.0 Å². The molecule has 4 aromatic rings. The van der Waals surface area contributed by atoms with Crippen LogP contribution in [0.2, 0.25) is 0 Å². The van der Waals surface area contributed by atoms with E-state index in [1.807, 2.05) is 53.0 Å². The zero-order chi connectivity index (χ0) is 19.1. The summed E-state index contributed by atoms with van der Waals surface area (Å²) < 4.78 is 1.85. The van der Waals surface area contributed by atoms with Crippen LogP contribution in [0.15, 0.2) is 66.9 Å². The normalized spacial score (nSPS) is 13.3. The Labute approximate surface area is 163 Å². The maximum atomic E-state index is 12.9. The Morgan fingerprint density at radius 2 is 1.82 bits per heavy atom. The van der Waals surface area contributed by atoms with Gasteiger partial charge in [0.25, 0.3) is 5.91 Å². The predicted octanol–water partition coefficient (Wildman–Crippen LogP) is 3.83. The molecule has 5 nitrogen and oxygen atoms in total. The Bertz CT molecular complexity index is 1190. The highest BCUT2D eigenvalue weighted by atomic mass is 16.2. The number of para-hydroxylation sites is 1. The zero-order valence-electron chi connectivity index (χ0n) is 15.7. The summed E-state index contributed by atoms with van der Waals surface area (Å²) in [5, 5.41) is 5.40. The number of benzene rings is 2. The van der Waals surface area contributed by atoms with Gasteiger partial charge in [0.05, 0.1) is 11.2 Å². The Hall–Kier alpha value is -3.47. The van der Waals surface area contributed by atoms with Gasteiger partial charge < -0.3 is 4.90 Å². The molecular weight excluding hydrogens is 348 g/mol. The number of fused-ring (bicyclic) bond motifs is 2. The van der Waals surface area contributed by atoms with Crippen LogP contribution in [0.25, 0.3) is 22.2 Å². The Kier molecular flexibility index (Phi) is 3.93. The molecule has 2 aromatic heterocycles.